The molecule has 2 aromatic rings. The number of carbonyl (C=O) groups excluding carboxylic acids is 2. The molecule has 35 heavy (non-hydrogen) atoms. The monoisotopic (exact) mass is 485 g/mol. The summed E-state index contributed by atoms with van der Waals surface area (Å²) in [5.74, 6) is 0.246. The molecule has 1 saturated heterocycles. The van der Waals surface area contributed by atoms with Gasteiger partial charge in [-0.05, 0) is 39.3 Å². The molecule has 11 nitrogen and oxygen atoms in total. The maximum atomic E-state index is 12.3. The molecule has 0 unspecified atom stereocenters. The zero-order chi connectivity index (χ0) is 25.8. The topological polar surface area (TPSA) is 153 Å². The number of anilines is 3. The van der Waals surface area contributed by atoms with Crippen LogP contribution in [0.4, 0.5) is 22.1 Å². The number of nitrogens with two attached hydrogens (primary N) is 1. The summed E-state index contributed by atoms with van der Waals surface area (Å²) in [6, 6.07) is 6.74. The molecule has 2 atom stereocenters. The van der Waals surface area contributed by atoms with Crippen molar-refractivity contribution in [3.05, 3.63) is 35.7 Å². The number of alkyl carbamates (subject to hydrolysis) is 1. The zero-order valence-corrected chi connectivity index (χ0v) is 21.1. The first-order chi connectivity index (χ1) is 16.3. The predicted octanol–water partition coefficient (Wildman–Crippen LogP) is 3.11. The van der Waals surface area contributed by atoms with Crippen LogP contribution in [0.5, 0.6) is 0 Å². The summed E-state index contributed by atoms with van der Waals surface area (Å²) in [6.45, 7) is 12.4. The highest BCUT2D eigenvalue weighted by atomic mass is 16.6. The van der Waals surface area contributed by atoms with Gasteiger partial charge in [0.25, 0.3) is 5.91 Å². The molecular weight excluding hydrogens is 450 g/mol. The van der Waals surface area contributed by atoms with Gasteiger partial charge < -0.3 is 31.2 Å². The second kappa shape index (κ2) is 10.4. The number of hydrogen-bond acceptors (Lipinski definition) is 9. The number of carbonyl (C=O) groups is 2. The zero-order valence-electron chi connectivity index (χ0n) is 21.1. The molecule has 1 aliphatic heterocycles. The van der Waals surface area contributed by atoms with E-state index in [4.69, 9.17) is 15.2 Å². The number of nitrogens with one attached hydrogen (secondary N) is 3. The van der Waals surface area contributed by atoms with Gasteiger partial charge in [-0.1, -0.05) is 26.8 Å². The van der Waals surface area contributed by atoms with Crippen LogP contribution >= 0.6 is 0 Å². The number of rotatable bonds is 6. The van der Waals surface area contributed by atoms with E-state index in [0.29, 0.717) is 37.0 Å². The van der Waals surface area contributed by atoms with E-state index in [1.54, 1.807) is 32.9 Å². The predicted molar refractivity (Wildman–Crippen MR) is 133 cm³/mol. The van der Waals surface area contributed by atoms with Gasteiger partial charge in [0.2, 0.25) is 0 Å². The van der Waals surface area contributed by atoms with E-state index in [-0.39, 0.29) is 23.2 Å². The lowest BCUT2D eigenvalue weighted by Gasteiger charge is -2.33. The van der Waals surface area contributed by atoms with E-state index in [1.165, 1.54) is 0 Å². The number of primary amides is 1. The molecule has 0 aromatic carbocycles. The third-order valence-corrected chi connectivity index (χ3v) is 5.20. The third kappa shape index (κ3) is 7.51. The number of pyridine rings is 1. The van der Waals surface area contributed by atoms with E-state index in [9.17, 15) is 9.59 Å². The molecule has 0 spiro atoms. The minimum absolute atomic E-state index is 0.00563. The van der Waals surface area contributed by atoms with E-state index in [2.05, 4.69) is 51.9 Å². The Kier molecular flexibility index (Phi) is 7.79. The van der Waals surface area contributed by atoms with Crippen LogP contribution in [0.3, 0.4) is 0 Å². The molecule has 0 bridgehead atoms. The Balaban J connectivity index is 1.81. The quantitative estimate of drug-likeness (QED) is 0.483. The van der Waals surface area contributed by atoms with Crippen LogP contribution in [0.2, 0.25) is 0 Å². The summed E-state index contributed by atoms with van der Waals surface area (Å²) in [7, 11) is 0. The van der Waals surface area contributed by atoms with Gasteiger partial charge in [-0.2, -0.15) is 0 Å². The largest absolute Gasteiger partial charge is 0.444 e. The Labute approximate surface area is 205 Å². The average Bonchev–Trinajstić information content (AvgIpc) is 2.73. The van der Waals surface area contributed by atoms with Gasteiger partial charge in [0.1, 0.15) is 11.4 Å². The smallest absolute Gasteiger partial charge is 0.408 e. The Morgan fingerprint density at radius 3 is 2.49 bits per heavy atom. The number of amides is 2. The van der Waals surface area contributed by atoms with Crippen LogP contribution in [-0.2, 0) is 14.9 Å². The summed E-state index contributed by atoms with van der Waals surface area (Å²) in [4.78, 5) is 28.9. The molecule has 2 amide bonds. The number of ether oxygens (including phenoxy) is 2. The second-order valence-electron chi connectivity index (χ2n) is 10.5. The van der Waals surface area contributed by atoms with E-state index >= 15 is 0 Å². The molecular formula is C24H35N7O4. The van der Waals surface area contributed by atoms with Crippen molar-refractivity contribution in [3.8, 4) is 0 Å². The highest BCUT2D eigenvalue weighted by Crippen LogP contribution is 2.25. The van der Waals surface area contributed by atoms with Crippen molar-refractivity contribution in [2.75, 3.05) is 23.8 Å². The normalized spacial score (nSPS) is 18.5. The summed E-state index contributed by atoms with van der Waals surface area (Å²) < 4.78 is 10.9. The van der Waals surface area contributed by atoms with Crippen molar-refractivity contribution >= 4 is 29.3 Å². The lowest BCUT2D eigenvalue weighted by molar-refractivity contribution is 0.0317. The Hall–Kier alpha value is -3.47. The highest BCUT2D eigenvalue weighted by molar-refractivity contribution is 5.97. The van der Waals surface area contributed by atoms with Crippen molar-refractivity contribution in [3.63, 3.8) is 0 Å². The molecule has 0 saturated carbocycles. The van der Waals surface area contributed by atoms with Crippen molar-refractivity contribution < 1.29 is 19.1 Å². The van der Waals surface area contributed by atoms with E-state index in [1.807, 2.05) is 12.1 Å². The molecule has 1 aliphatic rings. The Morgan fingerprint density at radius 2 is 1.83 bits per heavy atom. The summed E-state index contributed by atoms with van der Waals surface area (Å²) in [6.07, 6.45) is 0.0969. The maximum absolute atomic E-state index is 12.3. The SMILES string of the molecule is CC(C)(C)OC(=O)N[C@H]1COCC[C@H]1Nc1cc(Nc2cccc(C(C)(C)C)n2)c(C(N)=O)nn1. The van der Waals surface area contributed by atoms with Crippen LogP contribution in [0.15, 0.2) is 24.3 Å². The Morgan fingerprint density at radius 1 is 1.09 bits per heavy atom. The molecule has 0 aliphatic carbocycles. The fourth-order valence-electron chi connectivity index (χ4n) is 3.50. The summed E-state index contributed by atoms with van der Waals surface area (Å²) in [5.41, 5.74) is 6.03. The van der Waals surface area contributed by atoms with E-state index in [0.717, 1.165) is 5.69 Å². The number of nitrogens with zero attached hydrogens (tertiary/aromatic N) is 3. The van der Waals surface area contributed by atoms with Crippen LogP contribution < -0.4 is 21.7 Å². The van der Waals surface area contributed by atoms with Gasteiger partial charge in [-0.15, -0.1) is 10.2 Å². The van der Waals surface area contributed by atoms with Crippen LogP contribution in [0.25, 0.3) is 0 Å². The molecule has 3 heterocycles. The van der Waals surface area contributed by atoms with Gasteiger partial charge in [0, 0.05) is 23.8 Å². The van der Waals surface area contributed by atoms with Gasteiger partial charge in [0.05, 0.1) is 24.4 Å². The highest BCUT2D eigenvalue weighted by Gasteiger charge is 2.30. The molecule has 11 heteroatoms. The first kappa shape index (κ1) is 26.1. The Bertz CT molecular complexity index is 1060. The standard InChI is InChI=1S/C24H35N7O4/c1-23(2,3)17-8-7-9-18(29-17)27-15-12-19(30-31-20(15)21(25)32)26-14-10-11-34-13-16(14)28-22(33)35-24(4,5)6/h7-9,12,14,16H,10-11,13H2,1-6H3,(H2,25,32)(H,28,33)(H2,26,27,29,30)/t14-,16+/m1/s1. The van der Waals surface area contributed by atoms with Gasteiger partial charge in [-0.25, -0.2) is 9.78 Å². The van der Waals surface area contributed by atoms with Gasteiger partial charge >= 0.3 is 6.09 Å². The summed E-state index contributed by atoms with van der Waals surface area (Å²) in [5, 5.41) is 17.4. The molecule has 190 valence electrons. The lowest BCUT2D eigenvalue weighted by atomic mass is 9.92. The van der Waals surface area contributed by atoms with Crippen molar-refractivity contribution in [2.45, 2.75) is 71.1 Å². The fraction of sp³-hybridized carbons (Fsp3) is 0.542. The fourth-order valence-corrected chi connectivity index (χ4v) is 3.50. The van der Waals surface area contributed by atoms with Gasteiger partial charge in [0.15, 0.2) is 11.5 Å². The number of aromatic nitrogens is 3. The van der Waals surface area contributed by atoms with Crippen molar-refractivity contribution in [1.82, 2.24) is 20.5 Å². The molecule has 0 radical (unpaired) electrons. The second-order valence-corrected chi connectivity index (χ2v) is 10.5. The molecule has 5 N–H and O–H groups in total. The van der Waals surface area contributed by atoms with Crippen LogP contribution in [0.1, 0.15) is 64.1 Å². The first-order valence-corrected chi connectivity index (χ1v) is 11.6. The van der Waals surface area contributed by atoms with E-state index < -0.39 is 17.6 Å². The van der Waals surface area contributed by atoms with Crippen molar-refractivity contribution in [2.24, 2.45) is 5.73 Å². The van der Waals surface area contributed by atoms with Crippen LogP contribution in [-0.4, -0.2) is 58.1 Å². The van der Waals surface area contributed by atoms with Crippen molar-refractivity contribution in [1.29, 1.82) is 0 Å². The number of hydrogen-bond donors (Lipinski definition) is 4. The third-order valence-electron chi connectivity index (χ3n) is 5.20. The minimum atomic E-state index is -0.714. The molecule has 1 fully saturated rings. The molecule has 2 aromatic heterocycles. The molecule has 3 rings (SSSR count). The van der Waals surface area contributed by atoms with Gasteiger partial charge in [-0.3, -0.25) is 4.79 Å². The average molecular weight is 486 g/mol. The first-order valence-electron chi connectivity index (χ1n) is 11.6. The minimum Gasteiger partial charge on any atom is -0.444 e. The maximum Gasteiger partial charge on any atom is 0.408 e. The van der Waals surface area contributed by atoms with Crippen LogP contribution in [0, 0.1) is 0 Å². The lowest BCUT2D eigenvalue weighted by Crippen LogP contribution is -2.53. The summed E-state index contributed by atoms with van der Waals surface area (Å²) >= 11 is 0.